The van der Waals surface area contributed by atoms with Crippen LogP contribution in [-0.4, -0.2) is 23.2 Å². The minimum Gasteiger partial charge on any atom is -0.501 e. The van der Waals surface area contributed by atoms with Gasteiger partial charge in [0.25, 0.3) is 0 Å². The molecule has 0 aliphatic rings. The topological polar surface area (TPSA) is 38.9 Å². The van der Waals surface area contributed by atoms with Crippen molar-refractivity contribution in [2.75, 3.05) is 0 Å². The number of nitrogens with zero attached hydrogens (tertiary/aromatic N) is 2. The monoisotopic (exact) mass is 855 g/mol. The van der Waals surface area contributed by atoms with Gasteiger partial charge in [0.15, 0.2) is 0 Å². The molecular weight excluding hydrogens is 813 g/mol. The van der Waals surface area contributed by atoms with Gasteiger partial charge < -0.3 is 9.40 Å². The number of furan rings is 1. The van der Waals surface area contributed by atoms with Gasteiger partial charge in [-0.2, -0.15) is 0 Å². The maximum absolute atomic E-state index is 6.35. The van der Waals surface area contributed by atoms with E-state index in [1.54, 1.807) is 0 Å². The van der Waals surface area contributed by atoms with Gasteiger partial charge in [-0.1, -0.05) is 52.9 Å². The van der Waals surface area contributed by atoms with Gasteiger partial charge in [0.2, 0.25) is 0 Å². The van der Waals surface area contributed by atoms with Gasteiger partial charge in [0.05, 0.1) is 5.58 Å². The molecule has 4 aromatic carbocycles. The average Bonchev–Trinajstić information content (AvgIpc) is 3.39. The van der Waals surface area contributed by atoms with Crippen LogP contribution < -0.4 is 4.40 Å². The minimum absolute atomic E-state index is 0. The standard InChI is InChI=1S/C26H20NO.C16H20GeN.Ir/c1-16-12-13-27-23(14-16)22-9-5-8-21-20-11-10-19(15-24(20)28-26(21)22)25-17(2)6-4-7-18(25)3;1-12-7-6-8-14(9-12)16-10-13(2)15(11-18-16)17(3,4)5;/h4-8,10-15H,1-3H3;6-7,9-11H,1-5H3;/q2*-1;. The van der Waals surface area contributed by atoms with E-state index in [2.05, 4.69) is 147 Å². The molecule has 0 saturated carbocycles. The van der Waals surface area contributed by atoms with Gasteiger partial charge in [0.1, 0.15) is 5.58 Å². The number of pyridine rings is 2. The second-order valence-corrected chi connectivity index (χ2v) is 23.9. The van der Waals surface area contributed by atoms with Crippen molar-refractivity contribution in [3.05, 3.63) is 137 Å². The molecule has 3 aromatic heterocycles. The van der Waals surface area contributed by atoms with E-state index in [0.717, 1.165) is 44.5 Å². The Morgan fingerprint density at radius 3 is 2.06 bits per heavy atom. The van der Waals surface area contributed by atoms with E-state index in [1.807, 2.05) is 24.4 Å². The van der Waals surface area contributed by atoms with Crippen LogP contribution in [0, 0.1) is 46.8 Å². The fraction of sp³-hybridized carbons (Fsp3) is 0.190. The first-order chi connectivity index (χ1) is 22.0. The average molecular weight is 854 g/mol. The molecule has 5 heteroatoms. The summed E-state index contributed by atoms with van der Waals surface area (Å²) in [6.07, 6.45) is 3.92. The molecule has 0 aliphatic heterocycles. The Hall–Kier alpha value is -3.83. The molecule has 47 heavy (non-hydrogen) atoms. The summed E-state index contributed by atoms with van der Waals surface area (Å²) < 4.78 is 7.84. The third-order valence-electron chi connectivity index (χ3n) is 8.53. The predicted octanol–water partition coefficient (Wildman–Crippen LogP) is 10.7. The van der Waals surface area contributed by atoms with Crippen LogP contribution in [0.25, 0.3) is 55.6 Å². The van der Waals surface area contributed by atoms with Gasteiger partial charge in [0, 0.05) is 31.7 Å². The summed E-state index contributed by atoms with van der Waals surface area (Å²) >= 11 is -1.79. The summed E-state index contributed by atoms with van der Waals surface area (Å²) in [6, 6.07) is 36.0. The van der Waals surface area contributed by atoms with Gasteiger partial charge in [-0.05, 0) is 60.9 Å². The normalized spacial score (nSPS) is 11.2. The maximum atomic E-state index is 6.35. The number of hydrogen-bond donors (Lipinski definition) is 0. The Bertz CT molecular complexity index is 2190. The molecule has 0 bridgehead atoms. The summed E-state index contributed by atoms with van der Waals surface area (Å²) in [6.45, 7) is 10.7. The van der Waals surface area contributed by atoms with Gasteiger partial charge in [-0.25, -0.2) is 0 Å². The van der Waals surface area contributed by atoms with Crippen LogP contribution in [-0.2, 0) is 20.1 Å². The van der Waals surface area contributed by atoms with Crippen molar-refractivity contribution < 1.29 is 24.5 Å². The van der Waals surface area contributed by atoms with Gasteiger partial charge >= 0.3 is 113 Å². The van der Waals surface area contributed by atoms with Crippen molar-refractivity contribution in [3.8, 4) is 33.6 Å². The van der Waals surface area contributed by atoms with E-state index in [-0.39, 0.29) is 20.1 Å². The molecule has 239 valence electrons. The quantitative estimate of drug-likeness (QED) is 0.131. The van der Waals surface area contributed by atoms with Crippen molar-refractivity contribution in [1.82, 2.24) is 9.97 Å². The molecule has 0 unspecified atom stereocenters. The summed E-state index contributed by atoms with van der Waals surface area (Å²) in [5, 5.41) is 2.22. The molecular formula is C42H40GeIrN2O-2. The zero-order valence-electron chi connectivity index (χ0n) is 28.4. The van der Waals surface area contributed by atoms with Gasteiger partial charge in [-0.15, -0.1) is 18.2 Å². The third kappa shape index (κ3) is 7.36. The number of benzene rings is 4. The molecule has 0 fully saturated rings. The smallest absolute Gasteiger partial charge is 0.121 e. The van der Waals surface area contributed by atoms with Crippen LogP contribution in [0.1, 0.15) is 27.8 Å². The molecule has 7 rings (SSSR count). The summed E-state index contributed by atoms with van der Waals surface area (Å²) in [4.78, 5) is 9.16. The first-order valence-corrected chi connectivity index (χ1v) is 23.2. The van der Waals surface area contributed by atoms with Crippen molar-refractivity contribution in [2.24, 2.45) is 0 Å². The Balaban J connectivity index is 0.000000199. The van der Waals surface area contributed by atoms with Crippen molar-refractivity contribution >= 4 is 39.6 Å². The van der Waals surface area contributed by atoms with Crippen LogP contribution in [0.4, 0.5) is 0 Å². The first-order valence-electron chi connectivity index (χ1n) is 15.8. The molecule has 0 atom stereocenters. The zero-order chi connectivity index (χ0) is 32.6. The van der Waals surface area contributed by atoms with Crippen LogP contribution >= 0.6 is 0 Å². The Kier molecular flexibility index (Phi) is 10.4. The summed E-state index contributed by atoms with van der Waals surface area (Å²) in [5.74, 6) is 7.22. The molecule has 0 amide bonds. The molecule has 3 nitrogen and oxygen atoms in total. The van der Waals surface area contributed by atoms with Crippen molar-refractivity contribution in [1.29, 1.82) is 0 Å². The van der Waals surface area contributed by atoms with E-state index in [9.17, 15) is 0 Å². The minimum atomic E-state index is -1.79. The summed E-state index contributed by atoms with van der Waals surface area (Å²) in [5.41, 5.74) is 14.5. The number of aryl methyl sites for hydroxylation is 5. The Morgan fingerprint density at radius 1 is 0.660 bits per heavy atom. The molecule has 0 N–H and O–H groups in total. The molecule has 7 aromatic rings. The molecule has 0 spiro atoms. The number of fused-ring (bicyclic) bond motifs is 3. The Labute approximate surface area is 295 Å². The van der Waals surface area contributed by atoms with E-state index in [4.69, 9.17) is 4.42 Å². The molecule has 1 radical (unpaired) electrons. The van der Waals surface area contributed by atoms with E-state index in [0.29, 0.717) is 0 Å². The molecule has 0 saturated heterocycles. The van der Waals surface area contributed by atoms with Crippen LogP contribution in [0.3, 0.4) is 0 Å². The number of hydrogen-bond acceptors (Lipinski definition) is 3. The maximum Gasteiger partial charge on any atom is 0.121 e. The first kappa shape index (κ1) is 34.5. The van der Waals surface area contributed by atoms with Crippen LogP contribution in [0.2, 0.25) is 17.3 Å². The van der Waals surface area contributed by atoms with Crippen LogP contribution in [0.5, 0.6) is 0 Å². The SMILES string of the molecule is Cc1cc[c-]c(-c2cc(C)[c]([Ge]([CH3])([CH3])[CH3])cn2)c1.Cc1ccnc(-c2[c-]ccc3c2oc2cc(-c4c(C)cccc4C)ccc23)c1.[Ir]. The molecule has 3 heterocycles. The second-order valence-electron chi connectivity index (χ2n) is 13.3. The van der Waals surface area contributed by atoms with Crippen molar-refractivity contribution in [3.63, 3.8) is 0 Å². The Morgan fingerprint density at radius 2 is 1.38 bits per heavy atom. The zero-order valence-corrected chi connectivity index (χ0v) is 32.9. The van der Waals surface area contributed by atoms with Crippen LogP contribution in [0.15, 0.2) is 102 Å². The number of aromatic nitrogens is 2. The van der Waals surface area contributed by atoms with E-state index < -0.39 is 13.3 Å². The fourth-order valence-electron chi connectivity index (χ4n) is 6.25. The predicted molar refractivity (Wildman–Crippen MR) is 196 cm³/mol. The van der Waals surface area contributed by atoms with E-state index in [1.165, 1.54) is 43.3 Å². The summed E-state index contributed by atoms with van der Waals surface area (Å²) in [7, 11) is 0. The fourth-order valence-corrected chi connectivity index (χ4v) is 9.83. The molecule has 0 aliphatic carbocycles. The third-order valence-corrected chi connectivity index (χ3v) is 13.0. The number of rotatable bonds is 4. The largest absolute Gasteiger partial charge is 0.501 e. The van der Waals surface area contributed by atoms with Crippen molar-refractivity contribution in [2.45, 2.75) is 51.9 Å². The second kappa shape index (κ2) is 14.1. The van der Waals surface area contributed by atoms with E-state index >= 15 is 0 Å². The van der Waals surface area contributed by atoms with Gasteiger partial charge in [-0.3, -0.25) is 0 Å².